The van der Waals surface area contributed by atoms with Crippen molar-refractivity contribution in [3.05, 3.63) is 0 Å². The largest absolute Gasteiger partial charge is 0.355 e. The normalized spacial score (nSPS) is 17.9. The van der Waals surface area contributed by atoms with Crippen molar-refractivity contribution in [1.29, 1.82) is 0 Å². The molecular weight excluding hydrogens is 208 g/mol. The molecule has 0 spiro atoms. The lowest BCUT2D eigenvalue weighted by molar-refractivity contribution is -0.121. The molecule has 0 bridgehead atoms. The first-order valence-electron chi connectivity index (χ1n) is 5.80. The molecule has 1 atom stereocenters. The maximum atomic E-state index is 11.5. The van der Waals surface area contributed by atoms with Crippen LogP contribution in [0.2, 0.25) is 0 Å². The monoisotopic (exact) mass is 230 g/mol. The summed E-state index contributed by atoms with van der Waals surface area (Å²) < 4.78 is 0. The van der Waals surface area contributed by atoms with Crippen LogP contribution in [0.4, 0.5) is 0 Å². The van der Waals surface area contributed by atoms with Crippen LogP contribution < -0.4 is 10.6 Å². The average molecular weight is 230 g/mol. The summed E-state index contributed by atoms with van der Waals surface area (Å²) in [6.45, 7) is 5.77. The molecule has 0 aliphatic heterocycles. The molecule has 0 aromatic carbocycles. The summed E-state index contributed by atoms with van der Waals surface area (Å²) >= 11 is 4.26. The van der Waals surface area contributed by atoms with Crippen molar-refractivity contribution in [2.45, 2.75) is 44.4 Å². The number of thiol groups is 1. The Balaban J connectivity index is 1.95. The molecule has 0 radical (unpaired) electrons. The summed E-state index contributed by atoms with van der Waals surface area (Å²) in [5.74, 6) is 0.345. The number of carbonyl (C=O) groups is 1. The Morgan fingerprint density at radius 2 is 2.07 bits per heavy atom. The SMILES string of the molecule is CC(C)C(S)C(=O)NCCCNC1CC1. The van der Waals surface area contributed by atoms with E-state index in [1.807, 2.05) is 13.8 Å². The molecule has 3 nitrogen and oxygen atoms in total. The van der Waals surface area contributed by atoms with Crippen LogP contribution >= 0.6 is 12.6 Å². The highest BCUT2D eigenvalue weighted by Gasteiger charge is 2.20. The summed E-state index contributed by atoms with van der Waals surface area (Å²) in [6, 6.07) is 0.758. The second-order valence-electron chi connectivity index (χ2n) is 4.56. The van der Waals surface area contributed by atoms with Gasteiger partial charge in [-0.1, -0.05) is 13.8 Å². The van der Waals surface area contributed by atoms with Gasteiger partial charge in [-0.05, 0) is 31.7 Å². The fraction of sp³-hybridized carbons (Fsp3) is 0.909. The average Bonchev–Trinajstić information content (AvgIpc) is 2.99. The van der Waals surface area contributed by atoms with Crippen LogP contribution in [0.1, 0.15) is 33.1 Å². The van der Waals surface area contributed by atoms with Crippen molar-refractivity contribution in [1.82, 2.24) is 10.6 Å². The Morgan fingerprint density at radius 1 is 1.40 bits per heavy atom. The Labute approximate surface area is 97.8 Å². The molecule has 1 amide bonds. The fourth-order valence-electron chi connectivity index (χ4n) is 1.30. The first-order chi connectivity index (χ1) is 7.11. The van der Waals surface area contributed by atoms with Gasteiger partial charge in [0.1, 0.15) is 0 Å². The van der Waals surface area contributed by atoms with E-state index in [9.17, 15) is 4.79 Å². The molecule has 0 heterocycles. The maximum Gasteiger partial charge on any atom is 0.233 e. The summed E-state index contributed by atoms with van der Waals surface area (Å²) in [4.78, 5) is 11.5. The molecule has 0 aromatic rings. The van der Waals surface area contributed by atoms with Crippen LogP contribution in [-0.4, -0.2) is 30.3 Å². The van der Waals surface area contributed by atoms with Crippen LogP contribution in [0.3, 0.4) is 0 Å². The molecule has 1 unspecified atom stereocenters. The molecule has 1 rings (SSSR count). The predicted molar refractivity (Wildman–Crippen MR) is 66.3 cm³/mol. The van der Waals surface area contributed by atoms with E-state index >= 15 is 0 Å². The van der Waals surface area contributed by atoms with E-state index in [-0.39, 0.29) is 17.1 Å². The number of nitrogens with one attached hydrogen (secondary N) is 2. The molecule has 1 fully saturated rings. The minimum Gasteiger partial charge on any atom is -0.355 e. The minimum absolute atomic E-state index is 0.0553. The molecule has 0 saturated heterocycles. The fourth-order valence-corrected chi connectivity index (χ4v) is 1.39. The van der Waals surface area contributed by atoms with Crippen molar-refractivity contribution < 1.29 is 4.79 Å². The van der Waals surface area contributed by atoms with Crippen LogP contribution in [-0.2, 0) is 4.79 Å². The van der Waals surface area contributed by atoms with Crippen molar-refractivity contribution >= 4 is 18.5 Å². The van der Waals surface area contributed by atoms with Gasteiger partial charge in [-0.3, -0.25) is 4.79 Å². The van der Waals surface area contributed by atoms with Gasteiger partial charge >= 0.3 is 0 Å². The first-order valence-corrected chi connectivity index (χ1v) is 6.32. The van der Waals surface area contributed by atoms with Gasteiger partial charge in [0.05, 0.1) is 5.25 Å². The Kier molecular flexibility index (Phi) is 5.47. The zero-order valence-electron chi connectivity index (χ0n) is 9.62. The molecule has 4 heteroatoms. The second-order valence-corrected chi connectivity index (χ2v) is 5.12. The lowest BCUT2D eigenvalue weighted by Gasteiger charge is -2.14. The van der Waals surface area contributed by atoms with Crippen LogP contribution in [0.15, 0.2) is 0 Å². The van der Waals surface area contributed by atoms with E-state index in [2.05, 4.69) is 23.3 Å². The van der Waals surface area contributed by atoms with E-state index < -0.39 is 0 Å². The zero-order chi connectivity index (χ0) is 11.3. The van der Waals surface area contributed by atoms with Gasteiger partial charge < -0.3 is 10.6 Å². The smallest absolute Gasteiger partial charge is 0.233 e. The van der Waals surface area contributed by atoms with E-state index in [1.54, 1.807) is 0 Å². The molecular formula is C11H22N2OS. The van der Waals surface area contributed by atoms with Crippen molar-refractivity contribution in [3.8, 4) is 0 Å². The van der Waals surface area contributed by atoms with Gasteiger partial charge in [0.25, 0.3) is 0 Å². The standard InChI is InChI=1S/C11H22N2OS/c1-8(2)10(15)11(14)13-7-3-6-12-9-4-5-9/h8-10,12,15H,3-7H2,1-2H3,(H,13,14). The second kappa shape index (κ2) is 6.38. The van der Waals surface area contributed by atoms with E-state index in [0.717, 1.165) is 25.6 Å². The van der Waals surface area contributed by atoms with Gasteiger partial charge in [0, 0.05) is 12.6 Å². The summed E-state index contributed by atoms with van der Waals surface area (Å²) in [5, 5.41) is 6.14. The minimum atomic E-state index is -0.179. The number of amides is 1. The number of carbonyl (C=O) groups excluding carboxylic acids is 1. The van der Waals surface area contributed by atoms with Crippen molar-refractivity contribution in [2.24, 2.45) is 5.92 Å². The Hall–Kier alpha value is -0.220. The molecule has 1 aliphatic rings. The van der Waals surface area contributed by atoms with E-state index in [0.29, 0.717) is 0 Å². The van der Waals surface area contributed by atoms with Gasteiger partial charge in [-0.25, -0.2) is 0 Å². The lowest BCUT2D eigenvalue weighted by atomic mass is 10.1. The third kappa shape index (κ3) is 5.42. The molecule has 0 aromatic heterocycles. The molecule has 1 aliphatic carbocycles. The quantitative estimate of drug-likeness (QED) is 0.454. The van der Waals surface area contributed by atoms with Crippen LogP contribution in [0.25, 0.3) is 0 Å². The first kappa shape index (κ1) is 12.8. The summed E-state index contributed by atoms with van der Waals surface area (Å²) in [6.07, 6.45) is 3.64. The van der Waals surface area contributed by atoms with E-state index in [1.165, 1.54) is 12.8 Å². The topological polar surface area (TPSA) is 41.1 Å². The number of rotatable bonds is 7. The molecule has 2 N–H and O–H groups in total. The molecule has 1 saturated carbocycles. The van der Waals surface area contributed by atoms with Gasteiger partial charge in [0.2, 0.25) is 5.91 Å². The Bertz CT molecular complexity index is 205. The Morgan fingerprint density at radius 3 is 2.60 bits per heavy atom. The highest BCUT2D eigenvalue weighted by atomic mass is 32.1. The zero-order valence-corrected chi connectivity index (χ0v) is 10.5. The predicted octanol–water partition coefficient (Wildman–Crippen LogP) is 1.20. The van der Waals surface area contributed by atoms with Gasteiger partial charge in [-0.15, -0.1) is 0 Å². The summed E-state index contributed by atoms with van der Waals surface area (Å²) in [5.41, 5.74) is 0. The third-order valence-corrected chi connectivity index (χ3v) is 3.39. The van der Waals surface area contributed by atoms with Gasteiger partial charge in [-0.2, -0.15) is 12.6 Å². The van der Waals surface area contributed by atoms with Crippen LogP contribution in [0.5, 0.6) is 0 Å². The van der Waals surface area contributed by atoms with Crippen molar-refractivity contribution in [2.75, 3.05) is 13.1 Å². The van der Waals surface area contributed by atoms with Gasteiger partial charge in [0.15, 0.2) is 0 Å². The third-order valence-electron chi connectivity index (χ3n) is 2.56. The van der Waals surface area contributed by atoms with E-state index in [4.69, 9.17) is 0 Å². The van der Waals surface area contributed by atoms with Crippen molar-refractivity contribution in [3.63, 3.8) is 0 Å². The lowest BCUT2D eigenvalue weighted by Crippen LogP contribution is -2.36. The molecule has 15 heavy (non-hydrogen) atoms. The highest BCUT2D eigenvalue weighted by molar-refractivity contribution is 7.81. The van der Waals surface area contributed by atoms with Crippen LogP contribution in [0, 0.1) is 5.92 Å². The summed E-state index contributed by atoms with van der Waals surface area (Å²) in [7, 11) is 0. The molecule has 88 valence electrons. The highest BCUT2D eigenvalue weighted by Crippen LogP contribution is 2.18. The number of hydrogen-bond donors (Lipinski definition) is 3. The maximum absolute atomic E-state index is 11.5. The number of hydrogen-bond acceptors (Lipinski definition) is 3.